The topological polar surface area (TPSA) is 52.7 Å². The molecule has 0 aliphatic carbocycles. The Morgan fingerprint density at radius 3 is 2.24 bits per heavy atom. The average Bonchev–Trinajstić information content (AvgIpc) is 3.11. The van der Waals surface area contributed by atoms with Crippen molar-refractivity contribution >= 4 is 46.6 Å². The second-order valence-corrected chi connectivity index (χ2v) is 8.13. The molecule has 0 radical (unpaired) electrons. The highest BCUT2D eigenvalue weighted by molar-refractivity contribution is 6.32. The van der Waals surface area contributed by atoms with E-state index >= 15 is 0 Å². The lowest BCUT2D eigenvalue weighted by Gasteiger charge is -2.23. The van der Waals surface area contributed by atoms with Crippen molar-refractivity contribution in [3.8, 4) is 0 Å². The maximum Gasteiger partial charge on any atom is 0.417 e. The second kappa shape index (κ2) is 8.96. The van der Waals surface area contributed by atoms with E-state index in [2.05, 4.69) is 5.32 Å². The number of hydrogen-bond acceptors (Lipinski definition) is 2. The molecule has 3 aromatic carbocycles. The van der Waals surface area contributed by atoms with E-state index in [1.54, 1.807) is 24.3 Å². The molecule has 1 aliphatic heterocycles. The van der Waals surface area contributed by atoms with E-state index in [0.29, 0.717) is 10.7 Å². The summed E-state index contributed by atoms with van der Waals surface area (Å²) in [4.78, 5) is 28.6. The van der Waals surface area contributed by atoms with Gasteiger partial charge in [-0.1, -0.05) is 53.5 Å². The number of hydrogen-bond donors (Lipinski definition) is 1. The number of imide groups is 1. The van der Waals surface area contributed by atoms with Crippen LogP contribution in [0.25, 0.3) is 0 Å². The number of alkyl halides is 3. The molecular weight excluding hydrogens is 478 g/mol. The quantitative estimate of drug-likeness (QED) is 0.418. The molecule has 1 unspecified atom stereocenters. The Balaban J connectivity index is 1.61. The predicted octanol–water partition coefficient (Wildman–Crippen LogP) is 7.23. The molecule has 1 saturated heterocycles. The zero-order chi connectivity index (χ0) is 23.8. The molecule has 4 rings (SSSR count). The first kappa shape index (κ1) is 22.9. The molecule has 10 heteroatoms. The van der Waals surface area contributed by atoms with Gasteiger partial charge in [-0.25, -0.2) is 14.5 Å². The highest BCUT2D eigenvalue weighted by Crippen LogP contribution is 2.37. The maximum atomic E-state index is 13.2. The van der Waals surface area contributed by atoms with Crippen LogP contribution in [0.2, 0.25) is 10.0 Å². The molecule has 0 spiro atoms. The van der Waals surface area contributed by atoms with Crippen LogP contribution in [0.5, 0.6) is 0 Å². The molecule has 1 aliphatic rings. The number of carbonyl (C=O) groups excluding carboxylic acids is 2. The Morgan fingerprint density at radius 2 is 1.64 bits per heavy atom. The van der Waals surface area contributed by atoms with Crippen molar-refractivity contribution < 1.29 is 22.8 Å². The average molecular weight is 494 g/mol. The number of amides is 4. The van der Waals surface area contributed by atoms with Crippen molar-refractivity contribution in [2.45, 2.75) is 12.2 Å². The van der Waals surface area contributed by atoms with E-state index in [9.17, 15) is 22.8 Å². The van der Waals surface area contributed by atoms with Gasteiger partial charge in [0, 0.05) is 16.4 Å². The van der Waals surface area contributed by atoms with Gasteiger partial charge in [-0.3, -0.25) is 4.90 Å². The van der Waals surface area contributed by atoms with E-state index in [-0.39, 0.29) is 12.2 Å². The summed E-state index contributed by atoms with van der Waals surface area (Å²) in [5, 5.41) is 2.39. The van der Waals surface area contributed by atoms with Crippen LogP contribution in [-0.4, -0.2) is 23.5 Å². The van der Waals surface area contributed by atoms with Crippen LogP contribution in [0.1, 0.15) is 17.2 Å². The summed E-state index contributed by atoms with van der Waals surface area (Å²) in [7, 11) is 0. The van der Waals surface area contributed by atoms with Crippen LogP contribution < -0.4 is 10.2 Å². The number of benzene rings is 3. The lowest BCUT2D eigenvalue weighted by molar-refractivity contribution is -0.137. The minimum atomic E-state index is -4.62. The lowest BCUT2D eigenvalue weighted by Crippen LogP contribution is -2.39. The number of anilines is 2. The smallest absolute Gasteiger partial charge is 0.307 e. The Kier molecular flexibility index (Phi) is 6.23. The van der Waals surface area contributed by atoms with Gasteiger partial charge in [0.25, 0.3) is 0 Å². The van der Waals surface area contributed by atoms with Crippen molar-refractivity contribution in [1.82, 2.24) is 4.90 Å². The molecule has 5 nitrogen and oxygen atoms in total. The van der Waals surface area contributed by atoms with Gasteiger partial charge < -0.3 is 5.32 Å². The normalized spacial score (nSPS) is 16.3. The number of nitrogens with zero attached hydrogens (tertiary/aromatic N) is 2. The molecule has 0 saturated carbocycles. The zero-order valence-corrected chi connectivity index (χ0v) is 18.3. The van der Waals surface area contributed by atoms with Crippen LogP contribution in [0, 0.1) is 0 Å². The molecule has 4 amide bonds. The Morgan fingerprint density at radius 1 is 0.970 bits per heavy atom. The molecule has 0 bridgehead atoms. The van der Waals surface area contributed by atoms with Crippen molar-refractivity contribution in [3.05, 3.63) is 94.0 Å². The van der Waals surface area contributed by atoms with Gasteiger partial charge in [-0.2, -0.15) is 13.2 Å². The molecule has 1 N–H and O–H groups in total. The second-order valence-electron chi connectivity index (χ2n) is 7.29. The minimum Gasteiger partial charge on any atom is -0.307 e. The third-order valence-electron chi connectivity index (χ3n) is 5.16. The summed E-state index contributed by atoms with van der Waals surface area (Å²) in [5.74, 6) is 0. The minimum absolute atomic E-state index is 0.0334. The zero-order valence-electron chi connectivity index (χ0n) is 16.8. The molecule has 3 aromatic rings. The highest BCUT2D eigenvalue weighted by atomic mass is 35.5. The SMILES string of the molecule is O=C(Nc1ccc(C(F)(F)F)c(Cl)c1)N1CC(c2ccccc2)N(c2ccc(Cl)cc2)C1=O. The molecule has 0 aromatic heterocycles. The summed E-state index contributed by atoms with van der Waals surface area (Å²) in [6.07, 6.45) is -4.62. The Labute approximate surface area is 197 Å². The van der Waals surface area contributed by atoms with Gasteiger partial charge in [-0.15, -0.1) is 0 Å². The first-order valence-electron chi connectivity index (χ1n) is 9.74. The van der Waals surface area contributed by atoms with Crippen molar-refractivity contribution in [2.24, 2.45) is 0 Å². The van der Waals surface area contributed by atoms with Crippen molar-refractivity contribution in [2.75, 3.05) is 16.8 Å². The van der Waals surface area contributed by atoms with Crippen LogP contribution >= 0.6 is 23.2 Å². The first-order valence-corrected chi connectivity index (χ1v) is 10.5. The fraction of sp³-hybridized carbons (Fsp3) is 0.130. The summed E-state index contributed by atoms with van der Waals surface area (Å²) in [6.45, 7) is 0.0334. The van der Waals surface area contributed by atoms with Crippen molar-refractivity contribution in [1.29, 1.82) is 0 Å². The molecular formula is C23H16Cl2F3N3O2. The maximum absolute atomic E-state index is 13.2. The van der Waals surface area contributed by atoms with Gasteiger partial charge in [0.1, 0.15) is 0 Å². The summed E-state index contributed by atoms with van der Waals surface area (Å²) >= 11 is 11.7. The number of halogens is 5. The third kappa shape index (κ3) is 4.77. The molecule has 33 heavy (non-hydrogen) atoms. The monoisotopic (exact) mass is 493 g/mol. The lowest BCUT2D eigenvalue weighted by atomic mass is 10.1. The van der Waals surface area contributed by atoms with Crippen molar-refractivity contribution in [3.63, 3.8) is 0 Å². The third-order valence-corrected chi connectivity index (χ3v) is 5.73. The molecule has 1 atom stereocenters. The number of nitrogens with one attached hydrogen (secondary N) is 1. The Bertz CT molecular complexity index is 1190. The van der Waals surface area contributed by atoms with Gasteiger partial charge in [0.2, 0.25) is 0 Å². The fourth-order valence-electron chi connectivity index (χ4n) is 3.60. The standard InChI is InChI=1S/C23H16Cl2F3N3O2/c24-15-6-9-17(10-7-15)31-20(14-4-2-1-3-5-14)13-30(22(31)33)21(32)29-16-8-11-18(19(25)12-16)23(26,27)28/h1-12,20H,13H2,(H,29,32). The number of rotatable bonds is 3. The van der Waals surface area contributed by atoms with Gasteiger partial charge in [-0.05, 0) is 48.0 Å². The van der Waals surface area contributed by atoms with Gasteiger partial charge in [0.05, 0.1) is 23.2 Å². The first-order chi connectivity index (χ1) is 15.6. The van der Waals surface area contributed by atoms with Crippen LogP contribution in [-0.2, 0) is 6.18 Å². The van der Waals surface area contributed by atoms with Crippen LogP contribution in [0.15, 0.2) is 72.8 Å². The van der Waals surface area contributed by atoms with E-state index in [4.69, 9.17) is 23.2 Å². The highest BCUT2D eigenvalue weighted by Gasteiger charge is 2.42. The van der Waals surface area contributed by atoms with E-state index in [1.807, 2.05) is 30.3 Å². The van der Waals surface area contributed by atoms with Gasteiger partial charge in [0.15, 0.2) is 0 Å². The number of urea groups is 2. The summed E-state index contributed by atoms with van der Waals surface area (Å²) < 4.78 is 38.8. The molecule has 1 heterocycles. The van der Waals surface area contributed by atoms with Crippen LogP contribution in [0.4, 0.5) is 34.1 Å². The molecule has 1 fully saturated rings. The fourth-order valence-corrected chi connectivity index (χ4v) is 4.01. The Hall–Kier alpha value is -3.23. The van der Waals surface area contributed by atoms with Crippen LogP contribution in [0.3, 0.4) is 0 Å². The van der Waals surface area contributed by atoms with E-state index in [1.165, 1.54) is 4.90 Å². The largest absolute Gasteiger partial charge is 0.417 e. The van der Waals surface area contributed by atoms with E-state index < -0.39 is 34.9 Å². The summed E-state index contributed by atoms with van der Waals surface area (Å²) in [6, 6.07) is 16.8. The number of carbonyl (C=O) groups is 2. The predicted molar refractivity (Wildman–Crippen MR) is 121 cm³/mol. The van der Waals surface area contributed by atoms with Gasteiger partial charge >= 0.3 is 18.2 Å². The molecule has 170 valence electrons. The summed E-state index contributed by atoms with van der Waals surface area (Å²) in [5.41, 5.74) is 0.379. The van der Waals surface area contributed by atoms with E-state index in [0.717, 1.165) is 28.7 Å².